The Morgan fingerprint density at radius 3 is 2.41 bits per heavy atom. The van der Waals surface area contributed by atoms with Gasteiger partial charge >= 0.3 is 6.18 Å². The zero-order valence-corrected chi connectivity index (χ0v) is 16.3. The minimum atomic E-state index is -4.19. The van der Waals surface area contributed by atoms with E-state index in [1.807, 2.05) is 30.3 Å². The molecule has 5 nitrogen and oxygen atoms in total. The van der Waals surface area contributed by atoms with Gasteiger partial charge in [0.1, 0.15) is 0 Å². The first-order valence-corrected chi connectivity index (χ1v) is 10.2. The van der Waals surface area contributed by atoms with Crippen LogP contribution >= 0.6 is 0 Å². The molecule has 0 bridgehead atoms. The molecule has 4 rings (SSSR count). The number of likely N-dealkylation sites (tertiary alicyclic amines) is 2. The molecule has 3 aliphatic heterocycles. The van der Waals surface area contributed by atoms with Crippen molar-refractivity contribution in [3.63, 3.8) is 0 Å². The predicted molar refractivity (Wildman–Crippen MR) is 100 cm³/mol. The van der Waals surface area contributed by atoms with Gasteiger partial charge in [-0.05, 0) is 18.4 Å². The van der Waals surface area contributed by atoms with Crippen molar-refractivity contribution < 1.29 is 27.8 Å². The maximum atomic E-state index is 13.3. The van der Waals surface area contributed by atoms with E-state index in [9.17, 15) is 23.1 Å². The lowest BCUT2D eigenvalue weighted by Gasteiger charge is -2.71. The van der Waals surface area contributed by atoms with Crippen LogP contribution in [0.25, 0.3) is 0 Å². The third-order valence-corrected chi connectivity index (χ3v) is 6.64. The molecule has 1 spiro atoms. The molecule has 1 aromatic rings. The third-order valence-electron chi connectivity index (χ3n) is 6.64. The van der Waals surface area contributed by atoms with E-state index < -0.39 is 18.1 Å². The van der Waals surface area contributed by atoms with Crippen molar-refractivity contribution in [3.05, 3.63) is 35.9 Å². The summed E-state index contributed by atoms with van der Waals surface area (Å²) in [5, 5.41) is 10.1. The van der Waals surface area contributed by atoms with Gasteiger partial charge in [0.05, 0.1) is 24.6 Å². The Morgan fingerprint density at radius 1 is 1.17 bits per heavy atom. The monoisotopic (exact) mass is 412 g/mol. The van der Waals surface area contributed by atoms with Gasteiger partial charge in [-0.15, -0.1) is 0 Å². The molecule has 160 valence electrons. The minimum absolute atomic E-state index is 0.00926. The highest BCUT2D eigenvalue weighted by molar-refractivity contribution is 5.82. The summed E-state index contributed by atoms with van der Waals surface area (Å²) in [7, 11) is 0. The van der Waals surface area contributed by atoms with Crippen LogP contribution in [0.1, 0.15) is 30.7 Å². The van der Waals surface area contributed by atoms with Crippen LogP contribution < -0.4 is 0 Å². The molecule has 0 saturated carbocycles. The number of alkyl halides is 3. The molecule has 0 unspecified atom stereocenters. The van der Waals surface area contributed by atoms with Crippen molar-refractivity contribution in [2.45, 2.75) is 42.9 Å². The van der Waals surface area contributed by atoms with Crippen LogP contribution in [0.15, 0.2) is 30.3 Å². The molecule has 1 amide bonds. The van der Waals surface area contributed by atoms with Gasteiger partial charge in [0.15, 0.2) is 0 Å². The number of hydrogen-bond donors (Lipinski definition) is 1. The fourth-order valence-corrected chi connectivity index (χ4v) is 5.33. The topological polar surface area (TPSA) is 53.0 Å². The lowest BCUT2D eigenvalue weighted by atomic mass is 9.60. The summed E-state index contributed by atoms with van der Waals surface area (Å²) in [6.07, 6.45) is -3.74. The van der Waals surface area contributed by atoms with Gasteiger partial charge in [-0.25, -0.2) is 0 Å². The third kappa shape index (κ3) is 3.78. The number of carbonyl (C=O) groups excluding carboxylic acids is 1. The molecule has 8 heteroatoms. The zero-order chi connectivity index (χ0) is 20.6. The molecule has 1 N–H and O–H groups in total. The Kier molecular flexibility index (Phi) is 5.61. The first kappa shape index (κ1) is 20.6. The number of amides is 1. The van der Waals surface area contributed by atoms with E-state index in [2.05, 4.69) is 0 Å². The fourth-order valence-electron chi connectivity index (χ4n) is 5.33. The average Bonchev–Trinajstić information content (AvgIpc) is 2.66. The largest absolute Gasteiger partial charge is 0.394 e. The van der Waals surface area contributed by atoms with E-state index in [1.165, 1.54) is 0 Å². The Hall–Kier alpha value is -1.64. The quantitative estimate of drug-likeness (QED) is 0.807. The molecule has 3 aliphatic rings. The second-order valence-electron chi connectivity index (χ2n) is 8.41. The maximum absolute atomic E-state index is 13.3. The molecular weight excluding hydrogens is 385 g/mol. The Morgan fingerprint density at radius 2 is 1.83 bits per heavy atom. The first-order valence-electron chi connectivity index (χ1n) is 10.2. The molecule has 0 aromatic heterocycles. The number of aliphatic hydroxyl groups is 1. The van der Waals surface area contributed by atoms with Crippen LogP contribution in [0, 0.1) is 5.92 Å². The number of ether oxygens (including phenoxy) is 1. The summed E-state index contributed by atoms with van der Waals surface area (Å²) < 4.78 is 43.3. The van der Waals surface area contributed by atoms with Gasteiger partial charge in [0.2, 0.25) is 5.91 Å². The number of benzene rings is 1. The molecule has 0 radical (unpaired) electrons. The smallest absolute Gasteiger partial charge is 0.390 e. The SMILES string of the molecule is O=C(C1CCOCC1)N1[C@@H](CO)[C@@H](c2ccccc2)C12CN(CCC(F)(F)F)C2. The Balaban J connectivity index is 1.55. The van der Waals surface area contributed by atoms with Crippen LogP contribution in [-0.4, -0.2) is 78.0 Å². The van der Waals surface area contributed by atoms with E-state index >= 15 is 0 Å². The van der Waals surface area contributed by atoms with Crippen LogP contribution in [0.5, 0.6) is 0 Å². The molecule has 1 aromatic carbocycles. The predicted octanol–water partition coefficient (Wildman–Crippen LogP) is 2.41. The summed E-state index contributed by atoms with van der Waals surface area (Å²) in [6, 6.07) is 9.36. The Bertz CT molecular complexity index is 716. The van der Waals surface area contributed by atoms with E-state index in [-0.39, 0.29) is 36.9 Å². The standard InChI is InChI=1S/C21H27F3N2O3/c22-21(23,24)8-9-25-13-20(14-25)18(15-4-2-1-3-5-15)17(12-27)26(20)19(28)16-6-10-29-11-7-16/h1-5,16-18,27H,6-14H2/t17-,18+/m0/s1. The van der Waals surface area contributed by atoms with Crippen LogP contribution in [0.4, 0.5) is 13.2 Å². The number of nitrogens with zero attached hydrogens (tertiary/aromatic N) is 2. The molecule has 3 heterocycles. The van der Waals surface area contributed by atoms with Crippen molar-refractivity contribution in [1.29, 1.82) is 0 Å². The highest BCUT2D eigenvalue weighted by Crippen LogP contribution is 2.54. The van der Waals surface area contributed by atoms with Crippen LogP contribution in [-0.2, 0) is 9.53 Å². The number of rotatable bonds is 5. The average molecular weight is 412 g/mol. The fraction of sp³-hybridized carbons (Fsp3) is 0.667. The highest BCUT2D eigenvalue weighted by Gasteiger charge is 2.67. The van der Waals surface area contributed by atoms with E-state index in [0.29, 0.717) is 39.1 Å². The number of carbonyl (C=O) groups is 1. The van der Waals surface area contributed by atoms with Gasteiger partial charge in [-0.1, -0.05) is 30.3 Å². The normalized spacial score (nSPS) is 27.5. The molecule has 3 fully saturated rings. The summed E-state index contributed by atoms with van der Waals surface area (Å²) >= 11 is 0. The second-order valence-corrected chi connectivity index (χ2v) is 8.41. The van der Waals surface area contributed by atoms with Crippen molar-refractivity contribution in [2.24, 2.45) is 5.92 Å². The summed E-state index contributed by atoms with van der Waals surface area (Å²) in [5.74, 6) is -0.203. The summed E-state index contributed by atoms with van der Waals surface area (Å²) in [6.45, 7) is 1.69. The maximum Gasteiger partial charge on any atom is 0.390 e. The lowest BCUT2D eigenvalue weighted by molar-refractivity contribution is -0.210. The molecular formula is C21H27F3N2O3. The van der Waals surface area contributed by atoms with E-state index in [1.54, 1.807) is 9.80 Å². The zero-order valence-electron chi connectivity index (χ0n) is 16.3. The van der Waals surface area contributed by atoms with E-state index in [0.717, 1.165) is 5.56 Å². The van der Waals surface area contributed by atoms with Crippen molar-refractivity contribution in [3.8, 4) is 0 Å². The van der Waals surface area contributed by atoms with Gasteiger partial charge in [-0.2, -0.15) is 13.2 Å². The van der Waals surface area contributed by atoms with Crippen LogP contribution in [0.3, 0.4) is 0 Å². The van der Waals surface area contributed by atoms with Gasteiger partial charge in [0.25, 0.3) is 0 Å². The first-order chi connectivity index (χ1) is 13.9. The molecule has 0 aliphatic carbocycles. The Labute approximate surface area is 168 Å². The van der Waals surface area contributed by atoms with Gasteiger partial charge in [-0.3, -0.25) is 9.69 Å². The van der Waals surface area contributed by atoms with Crippen molar-refractivity contribution in [2.75, 3.05) is 39.5 Å². The number of hydrogen-bond acceptors (Lipinski definition) is 4. The van der Waals surface area contributed by atoms with Gasteiger partial charge in [0, 0.05) is 44.7 Å². The lowest BCUT2D eigenvalue weighted by Crippen LogP contribution is -2.86. The van der Waals surface area contributed by atoms with Crippen LogP contribution in [0.2, 0.25) is 0 Å². The number of halogens is 3. The summed E-state index contributed by atoms with van der Waals surface area (Å²) in [4.78, 5) is 16.9. The molecule has 29 heavy (non-hydrogen) atoms. The molecule has 3 saturated heterocycles. The second kappa shape index (κ2) is 7.89. The van der Waals surface area contributed by atoms with Crippen molar-refractivity contribution in [1.82, 2.24) is 9.80 Å². The number of aliphatic hydroxyl groups excluding tert-OH is 1. The molecule has 2 atom stereocenters. The van der Waals surface area contributed by atoms with Crippen molar-refractivity contribution >= 4 is 5.91 Å². The highest BCUT2D eigenvalue weighted by atomic mass is 19.4. The van der Waals surface area contributed by atoms with E-state index in [4.69, 9.17) is 4.74 Å². The summed E-state index contributed by atoms with van der Waals surface area (Å²) in [5.41, 5.74) is 0.494. The van der Waals surface area contributed by atoms with Gasteiger partial charge < -0.3 is 14.7 Å². The minimum Gasteiger partial charge on any atom is -0.394 e.